The van der Waals surface area contributed by atoms with Crippen molar-refractivity contribution in [3.63, 3.8) is 0 Å². The predicted octanol–water partition coefficient (Wildman–Crippen LogP) is 16.0. The largest absolute Gasteiger partial charge is 0.454 e. The van der Waals surface area contributed by atoms with Crippen LogP contribution in [-0.2, 0) is 23.8 Å². The average Bonchev–Trinajstić information content (AvgIpc) is 3.45. The van der Waals surface area contributed by atoms with Gasteiger partial charge in [-0.05, 0) is 77.0 Å². The van der Waals surface area contributed by atoms with E-state index in [1.807, 2.05) is 6.08 Å². The van der Waals surface area contributed by atoms with Crippen LogP contribution in [0.5, 0.6) is 0 Å². The fourth-order valence-corrected chi connectivity index (χ4v) is 10.2. The Labute approximate surface area is 478 Å². The van der Waals surface area contributed by atoms with E-state index >= 15 is 0 Å². The summed E-state index contributed by atoms with van der Waals surface area (Å²) in [7, 11) is 0. The summed E-state index contributed by atoms with van der Waals surface area (Å²) in [6.45, 7) is 5.77. The lowest BCUT2D eigenvalue weighted by Crippen LogP contribution is -2.61. The molecule has 0 radical (unpaired) electrons. The number of allylic oxidation sites excluding steroid dienone is 7. The zero-order valence-electron chi connectivity index (χ0n) is 50.5. The van der Waals surface area contributed by atoms with Gasteiger partial charge >= 0.3 is 5.97 Å². The van der Waals surface area contributed by atoms with Crippen molar-refractivity contribution >= 4 is 11.9 Å². The summed E-state index contributed by atoms with van der Waals surface area (Å²) in [5.74, 6) is -1.20. The highest BCUT2D eigenvalue weighted by Crippen LogP contribution is 2.26. The molecule has 6 N–H and O–H groups in total. The number of carbonyl (C=O) groups excluding carboxylic acids is 2. The van der Waals surface area contributed by atoms with Crippen molar-refractivity contribution in [1.29, 1.82) is 0 Å². The third kappa shape index (κ3) is 42.5. The second kappa shape index (κ2) is 55.2. The molecule has 1 rings (SSSR count). The van der Waals surface area contributed by atoms with Crippen molar-refractivity contribution in [2.45, 2.75) is 352 Å². The van der Waals surface area contributed by atoms with E-state index in [1.54, 1.807) is 6.08 Å². The molecule has 1 aliphatic rings. The van der Waals surface area contributed by atoms with Gasteiger partial charge in [0.05, 0.1) is 25.4 Å². The summed E-state index contributed by atoms with van der Waals surface area (Å²) >= 11 is 0. The fourth-order valence-electron chi connectivity index (χ4n) is 10.2. The molecule has 456 valence electrons. The van der Waals surface area contributed by atoms with Crippen molar-refractivity contribution in [3.05, 3.63) is 48.6 Å². The van der Waals surface area contributed by atoms with Gasteiger partial charge in [0.25, 0.3) is 0 Å². The Kier molecular flexibility index (Phi) is 52.1. The number of ether oxygens (including phenoxy) is 3. The SMILES string of the molecule is CCCCC/C=C/C=C/CCCCCCCC(O)C(=O)NC(COC1OC(CO)C(O)C(O)C1OC(=O)CCCCCCCCCCCCCCC/C=C/CCCCCCCC)C(O)/C=C/CCCCCCCCCCCC. The maximum absolute atomic E-state index is 13.4. The van der Waals surface area contributed by atoms with E-state index in [2.05, 4.69) is 62.5 Å². The summed E-state index contributed by atoms with van der Waals surface area (Å²) < 4.78 is 17.6. The van der Waals surface area contributed by atoms with Gasteiger partial charge in [0, 0.05) is 6.42 Å². The van der Waals surface area contributed by atoms with Crippen LogP contribution in [0.2, 0.25) is 0 Å². The van der Waals surface area contributed by atoms with Gasteiger partial charge < -0.3 is 45.1 Å². The Bertz CT molecular complexity index is 1450. The van der Waals surface area contributed by atoms with E-state index < -0.39 is 67.4 Å². The first-order valence-corrected chi connectivity index (χ1v) is 32.9. The molecule has 1 aliphatic heterocycles. The molecule has 8 atom stereocenters. The van der Waals surface area contributed by atoms with Crippen molar-refractivity contribution in [2.75, 3.05) is 13.2 Å². The number of hydrogen-bond donors (Lipinski definition) is 6. The number of nitrogens with one attached hydrogen (secondary N) is 1. The smallest absolute Gasteiger partial charge is 0.306 e. The third-order valence-corrected chi connectivity index (χ3v) is 15.5. The summed E-state index contributed by atoms with van der Waals surface area (Å²) in [4.78, 5) is 26.6. The van der Waals surface area contributed by atoms with Gasteiger partial charge in [-0.15, -0.1) is 0 Å². The van der Waals surface area contributed by atoms with Crippen LogP contribution < -0.4 is 5.32 Å². The Morgan fingerprint density at radius 3 is 1.35 bits per heavy atom. The molecule has 1 fully saturated rings. The number of unbranched alkanes of at least 4 members (excludes halogenated alkanes) is 37. The average molecular weight is 1100 g/mol. The quantitative estimate of drug-likeness (QED) is 0.0149. The lowest BCUT2D eigenvalue weighted by molar-refractivity contribution is -0.305. The van der Waals surface area contributed by atoms with Crippen LogP contribution in [0.15, 0.2) is 48.6 Å². The van der Waals surface area contributed by atoms with Crippen LogP contribution >= 0.6 is 0 Å². The van der Waals surface area contributed by atoms with E-state index in [9.17, 15) is 35.1 Å². The second-order valence-corrected chi connectivity index (χ2v) is 22.9. The van der Waals surface area contributed by atoms with Crippen molar-refractivity contribution in [1.82, 2.24) is 5.32 Å². The minimum absolute atomic E-state index is 0.124. The Morgan fingerprint density at radius 1 is 0.500 bits per heavy atom. The zero-order chi connectivity index (χ0) is 56.8. The number of aliphatic hydroxyl groups excluding tert-OH is 5. The van der Waals surface area contributed by atoms with Crippen LogP contribution in [0.25, 0.3) is 0 Å². The minimum Gasteiger partial charge on any atom is -0.454 e. The monoisotopic (exact) mass is 1100 g/mol. The molecule has 11 nitrogen and oxygen atoms in total. The van der Waals surface area contributed by atoms with E-state index in [4.69, 9.17) is 14.2 Å². The van der Waals surface area contributed by atoms with Gasteiger partial charge in [-0.3, -0.25) is 9.59 Å². The molecular formula is C67H123NO10. The maximum atomic E-state index is 13.4. The summed E-state index contributed by atoms with van der Waals surface area (Å²) in [6.07, 6.45) is 57.2. The number of carbonyl (C=O) groups is 2. The third-order valence-electron chi connectivity index (χ3n) is 15.5. The van der Waals surface area contributed by atoms with Crippen molar-refractivity contribution in [3.8, 4) is 0 Å². The Hall–Kier alpha value is -2.38. The van der Waals surface area contributed by atoms with E-state index in [0.717, 1.165) is 77.0 Å². The van der Waals surface area contributed by atoms with Gasteiger partial charge in [0.15, 0.2) is 12.4 Å². The fraction of sp³-hybridized carbons (Fsp3) is 0.851. The highest BCUT2D eigenvalue weighted by atomic mass is 16.7. The van der Waals surface area contributed by atoms with Crippen molar-refractivity contribution < 1.29 is 49.3 Å². The molecule has 0 bridgehead atoms. The second-order valence-electron chi connectivity index (χ2n) is 22.9. The lowest BCUT2D eigenvalue weighted by atomic mass is 9.99. The molecule has 0 spiro atoms. The van der Waals surface area contributed by atoms with Crippen LogP contribution in [0.1, 0.15) is 303 Å². The number of rotatable bonds is 56. The highest BCUT2D eigenvalue weighted by Gasteiger charge is 2.47. The van der Waals surface area contributed by atoms with Crippen LogP contribution in [-0.4, -0.2) is 99.6 Å². The molecule has 1 heterocycles. The number of amides is 1. The number of aliphatic hydroxyl groups is 5. The van der Waals surface area contributed by atoms with Crippen molar-refractivity contribution in [2.24, 2.45) is 0 Å². The van der Waals surface area contributed by atoms with Gasteiger partial charge in [0.1, 0.15) is 24.4 Å². The van der Waals surface area contributed by atoms with Crippen LogP contribution in [0.3, 0.4) is 0 Å². The van der Waals surface area contributed by atoms with Gasteiger partial charge in [0.2, 0.25) is 5.91 Å². The first kappa shape index (κ1) is 73.6. The summed E-state index contributed by atoms with van der Waals surface area (Å²) in [6, 6.07) is -1.03. The standard InChI is InChI=1S/C67H123NO10/c1-4-7-10-13-16-19-22-25-27-28-29-30-31-32-33-34-35-37-40-43-46-49-52-55-62(72)78-65-64(74)63(73)61(56-69)77-67(65)76-57-58(59(70)53-50-47-44-41-38-24-21-18-15-12-9-6-3)68-66(75)60(71)54-51-48-45-42-39-36-26-23-20-17-14-11-8-5-2/h17,20,23,25-27,50,53,58-61,63-65,67,69-71,73-74H,4-16,18-19,21-22,24,28-49,51-52,54-57H2,1-3H3,(H,68,75)/b20-17+,26-23+,27-25+,53-50+. The molecular weight excluding hydrogens is 979 g/mol. The van der Waals surface area contributed by atoms with Crippen LogP contribution in [0.4, 0.5) is 0 Å². The lowest BCUT2D eigenvalue weighted by Gasteiger charge is -2.41. The summed E-state index contributed by atoms with van der Waals surface area (Å²) in [5, 5.41) is 57.0. The summed E-state index contributed by atoms with van der Waals surface area (Å²) in [5.41, 5.74) is 0. The van der Waals surface area contributed by atoms with Gasteiger partial charge in [-0.1, -0.05) is 268 Å². The minimum atomic E-state index is -1.61. The molecule has 0 aromatic heterocycles. The molecule has 0 saturated carbocycles. The Balaban J connectivity index is 2.60. The van der Waals surface area contributed by atoms with E-state index in [0.29, 0.717) is 12.8 Å². The molecule has 8 unspecified atom stereocenters. The first-order chi connectivity index (χ1) is 38.2. The zero-order valence-corrected chi connectivity index (χ0v) is 50.5. The van der Waals surface area contributed by atoms with Gasteiger partial charge in [-0.2, -0.15) is 0 Å². The number of hydrogen-bond acceptors (Lipinski definition) is 10. The van der Waals surface area contributed by atoms with E-state index in [-0.39, 0.29) is 19.4 Å². The number of esters is 1. The molecule has 1 saturated heterocycles. The molecule has 0 aromatic carbocycles. The van der Waals surface area contributed by atoms with Crippen LogP contribution in [0, 0.1) is 0 Å². The molecule has 0 aliphatic carbocycles. The molecule has 0 aromatic rings. The van der Waals surface area contributed by atoms with E-state index in [1.165, 1.54) is 180 Å². The molecule has 78 heavy (non-hydrogen) atoms. The first-order valence-electron chi connectivity index (χ1n) is 32.9. The van der Waals surface area contributed by atoms with Gasteiger partial charge in [-0.25, -0.2) is 0 Å². The molecule has 11 heteroatoms. The predicted molar refractivity (Wildman–Crippen MR) is 324 cm³/mol. The maximum Gasteiger partial charge on any atom is 0.306 e. The normalized spacial score (nSPS) is 19.2. The topological polar surface area (TPSA) is 175 Å². The Morgan fingerprint density at radius 2 is 0.885 bits per heavy atom. The highest BCUT2D eigenvalue weighted by molar-refractivity contribution is 5.80. The molecule has 1 amide bonds.